The highest BCUT2D eigenvalue weighted by atomic mass is 16.5. The van der Waals surface area contributed by atoms with Crippen LogP contribution in [0.1, 0.15) is 12.5 Å². The molecule has 4 heteroatoms. The normalized spacial score (nSPS) is 10.1. The first-order valence-corrected chi connectivity index (χ1v) is 5.78. The fourth-order valence-corrected chi connectivity index (χ4v) is 1.56. The van der Waals surface area contributed by atoms with Crippen molar-refractivity contribution in [1.82, 2.24) is 4.98 Å². The number of benzene rings is 1. The van der Waals surface area contributed by atoms with Gasteiger partial charge in [0.25, 0.3) is 0 Å². The van der Waals surface area contributed by atoms with Gasteiger partial charge in [-0.3, -0.25) is 4.98 Å². The Labute approximate surface area is 106 Å². The van der Waals surface area contributed by atoms with Crippen molar-refractivity contribution in [1.29, 1.82) is 0 Å². The molecule has 2 aromatic rings. The van der Waals surface area contributed by atoms with Gasteiger partial charge in [0.1, 0.15) is 5.75 Å². The Hall–Kier alpha value is -2.07. The molecule has 0 aliphatic heterocycles. The molecule has 0 bridgehead atoms. The lowest BCUT2D eigenvalue weighted by molar-refractivity contribution is 0.274. The SMILES string of the molecule is CCOc1ccccc1Oc1ccncc1CO. The molecule has 0 saturated heterocycles. The number of nitrogens with zero attached hydrogens (tertiary/aromatic N) is 1. The number of ether oxygens (including phenoxy) is 2. The highest BCUT2D eigenvalue weighted by Crippen LogP contribution is 2.32. The van der Waals surface area contributed by atoms with Crippen LogP contribution in [0.2, 0.25) is 0 Å². The summed E-state index contributed by atoms with van der Waals surface area (Å²) in [7, 11) is 0. The van der Waals surface area contributed by atoms with Gasteiger partial charge >= 0.3 is 0 Å². The summed E-state index contributed by atoms with van der Waals surface area (Å²) in [6, 6.07) is 9.15. The Morgan fingerprint density at radius 1 is 1.11 bits per heavy atom. The van der Waals surface area contributed by atoms with Crippen LogP contribution in [-0.4, -0.2) is 16.7 Å². The average molecular weight is 245 g/mol. The number of aliphatic hydroxyl groups excluding tert-OH is 1. The lowest BCUT2D eigenvalue weighted by Crippen LogP contribution is -1.97. The zero-order chi connectivity index (χ0) is 12.8. The first-order valence-electron chi connectivity index (χ1n) is 5.78. The molecule has 1 N–H and O–H groups in total. The molecule has 0 fully saturated rings. The quantitative estimate of drug-likeness (QED) is 0.880. The molecule has 2 rings (SSSR count). The molecule has 0 atom stereocenters. The van der Waals surface area contributed by atoms with Gasteiger partial charge < -0.3 is 14.6 Å². The molecule has 0 saturated carbocycles. The summed E-state index contributed by atoms with van der Waals surface area (Å²) < 4.78 is 11.2. The van der Waals surface area contributed by atoms with Crippen molar-refractivity contribution in [2.75, 3.05) is 6.61 Å². The Morgan fingerprint density at radius 3 is 2.61 bits per heavy atom. The Morgan fingerprint density at radius 2 is 1.89 bits per heavy atom. The van der Waals surface area contributed by atoms with Gasteiger partial charge in [-0.2, -0.15) is 0 Å². The topological polar surface area (TPSA) is 51.6 Å². The first kappa shape index (κ1) is 12.4. The summed E-state index contributed by atoms with van der Waals surface area (Å²) in [5, 5.41) is 9.22. The van der Waals surface area contributed by atoms with E-state index in [1.54, 1.807) is 18.5 Å². The second-order valence-electron chi connectivity index (χ2n) is 3.62. The predicted octanol–water partition coefficient (Wildman–Crippen LogP) is 2.76. The van der Waals surface area contributed by atoms with Gasteiger partial charge in [0.15, 0.2) is 11.5 Å². The molecule has 0 amide bonds. The molecular formula is C14H15NO3. The highest BCUT2D eigenvalue weighted by Gasteiger charge is 2.08. The van der Waals surface area contributed by atoms with Crippen LogP contribution in [0.4, 0.5) is 0 Å². The maximum Gasteiger partial charge on any atom is 0.169 e. The first-order chi connectivity index (χ1) is 8.85. The fraction of sp³-hybridized carbons (Fsp3) is 0.214. The molecule has 18 heavy (non-hydrogen) atoms. The van der Waals surface area contributed by atoms with E-state index in [2.05, 4.69) is 4.98 Å². The second-order valence-corrected chi connectivity index (χ2v) is 3.62. The largest absolute Gasteiger partial charge is 0.490 e. The standard InChI is InChI=1S/C14H15NO3/c1-2-17-13-5-3-4-6-14(13)18-12-7-8-15-9-11(12)10-16/h3-9,16H,2,10H2,1H3. The Bertz CT molecular complexity index is 514. The van der Waals surface area contributed by atoms with Crippen LogP contribution in [0.25, 0.3) is 0 Å². The monoisotopic (exact) mass is 245 g/mol. The van der Waals surface area contributed by atoms with Crippen LogP contribution >= 0.6 is 0 Å². The van der Waals surface area contributed by atoms with Crippen molar-refractivity contribution < 1.29 is 14.6 Å². The zero-order valence-electron chi connectivity index (χ0n) is 10.2. The van der Waals surface area contributed by atoms with E-state index in [0.29, 0.717) is 29.4 Å². The minimum Gasteiger partial charge on any atom is -0.490 e. The molecule has 0 unspecified atom stereocenters. The van der Waals surface area contributed by atoms with Crippen molar-refractivity contribution in [3.8, 4) is 17.2 Å². The number of aliphatic hydroxyl groups is 1. The third-order valence-corrected chi connectivity index (χ3v) is 2.40. The summed E-state index contributed by atoms with van der Waals surface area (Å²) in [6.45, 7) is 2.38. The number of aromatic nitrogens is 1. The van der Waals surface area contributed by atoms with Gasteiger partial charge in [-0.05, 0) is 25.1 Å². The van der Waals surface area contributed by atoms with Crippen LogP contribution < -0.4 is 9.47 Å². The van der Waals surface area contributed by atoms with E-state index < -0.39 is 0 Å². The molecule has 4 nitrogen and oxygen atoms in total. The molecule has 0 aliphatic rings. The summed E-state index contributed by atoms with van der Waals surface area (Å²) in [6.07, 6.45) is 3.20. The van der Waals surface area contributed by atoms with Gasteiger partial charge in [-0.15, -0.1) is 0 Å². The maximum atomic E-state index is 9.22. The third-order valence-electron chi connectivity index (χ3n) is 2.40. The van der Waals surface area contributed by atoms with E-state index in [0.717, 1.165) is 0 Å². The van der Waals surface area contributed by atoms with Crippen LogP contribution in [0.3, 0.4) is 0 Å². The lowest BCUT2D eigenvalue weighted by atomic mass is 10.2. The van der Waals surface area contributed by atoms with E-state index in [4.69, 9.17) is 9.47 Å². The molecule has 1 heterocycles. The summed E-state index contributed by atoms with van der Waals surface area (Å²) in [4.78, 5) is 3.95. The van der Waals surface area contributed by atoms with Crippen LogP contribution in [0.5, 0.6) is 17.2 Å². The van der Waals surface area contributed by atoms with E-state index in [1.807, 2.05) is 31.2 Å². The van der Waals surface area contributed by atoms with Crippen molar-refractivity contribution >= 4 is 0 Å². The molecular weight excluding hydrogens is 230 g/mol. The second kappa shape index (κ2) is 6.02. The van der Waals surface area contributed by atoms with Crippen LogP contribution in [0.15, 0.2) is 42.7 Å². The van der Waals surface area contributed by atoms with Crippen molar-refractivity contribution in [3.63, 3.8) is 0 Å². The third kappa shape index (κ3) is 2.78. The molecule has 0 aliphatic carbocycles. The zero-order valence-corrected chi connectivity index (χ0v) is 10.2. The molecule has 94 valence electrons. The number of hydrogen-bond acceptors (Lipinski definition) is 4. The van der Waals surface area contributed by atoms with Gasteiger partial charge in [0.05, 0.1) is 13.2 Å². The van der Waals surface area contributed by atoms with E-state index >= 15 is 0 Å². The van der Waals surface area contributed by atoms with Gasteiger partial charge in [-0.25, -0.2) is 0 Å². The minimum absolute atomic E-state index is 0.111. The van der Waals surface area contributed by atoms with Gasteiger partial charge in [-0.1, -0.05) is 12.1 Å². The van der Waals surface area contributed by atoms with Crippen LogP contribution in [0, 0.1) is 0 Å². The smallest absolute Gasteiger partial charge is 0.169 e. The molecule has 1 aromatic carbocycles. The Balaban J connectivity index is 2.28. The number of hydrogen-bond donors (Lipinski definition) is 1. The van der Waals surface area contributed by atoms with E-state index in [1.165, 1.54) is 0 Å². The minimum atomic E-state index is -0.111. The highest BCUT2D eigenvalue weighted by molar-refractivity contribution is 5.44. The number of pyridine rings is 1. The summed E-state index contributed by atoms with van der Waals surface area (Å²) >= 11 is 0. The van der Waals surface area contributed by atoms with Crippen molar-refractivity contribution in [2.45, 2.75) is 13.5 Å². The molecule has 0 spiro atoms. The molecule has 0 radical (unpaired) electrons. The van der Waals surface area contributed by atoms with Crippen molar-refractivity contribution in [2.24, 2.45) is 0 Å². The lowest BCUT2D eigenvalue weighted by Gasteiger charge is -2.12. The Kier molecular flexibility index (Phi) is 4.15. The maximum absolute atomic E-state index is 9.22. The average Bonchev–Trinajstić information content (AvgIpc) is 2.42. The summed E-state index contributed by atoms with van der Waals surface area (Å²) in [5.74, 6) is 1.89. The van der Waals surface area contributed by atoms with Gasteiger partial charge in [0.2, 0.25) is 0 Å². The number of para-hydroxylation sites is 2. The predicted molar refractivity (Wildman–Crippen MR) is 67.8 cm³/mol. The number of rotatable bonds is 5. The van der Waals surface area contributed by atoms with Crippen LogP contribution in [-0.2, 0) is 6.61 Å². The molecule has 1 aromatic heterocycles. The fourth-order valence-electron chi connectivity index (χ4n) is 1.56. The van der Waals surface area contributed by atoms with Gasteiger partial charge in [0, 0.05) is 18.0 Å². The summed E-state index contributed by atoms with van der Waals surface area (Å²) in [5.41, 5.74) is 0.642. The van der Waals surface area contributed by atoms with E-state index in [9.17, 15) is 5.11 Å². The van der Waals surface area contributed by atoms with E-state index in [-0.39, 0.29) is 6.61 Å². The van der Waals surface area contributed by atoms with Crippen molar-refractivity contribution in [3.05, 3.63) is 48.3 Å².